The maximum atomic E-state index is 12.2. The Kier molecular flexibility index (Phi) is 7.60. The van der Waals surface area contributed by atoms with E-state index < -0.39 is 5.54 Å². The number of nitrogens with two attached hydrogens (primary N) is 1. The third-order valence-corrected chi connectivity index (χ3v) is 3.38. The molecule has 0 aromatic heterocycles. The molecule has 0 radical (unpaired) electrons. The Hall–Kier alpha value is -1.06. The van der Waals surface area contributed by atoms with Gasteiger partial charge in [0.2, 0.25) is 0 Å². The average molecular weight is 425 g/mol. The molecule has 0 aliphatic carbocycles. The summed E-state index contributed by atoms with van der Waals surface area (Å²) in [5, 5.41) is 5.78. The number of urea groups is 1. The van der Waals surface area contributed by atoms with Crippen molar-refractivity contribution in [1.82, 2.24) is 15.5 Å². The molecule has 1 unspecified atom stereocenters. The third kappa shape index (κ3) is 5.62. The molecule has 7 nitrogen and oxygen atoms in total. The minimum absolute atomic E-state index is 0. The minimum Gasteiger partial charge on any atom is -0.370 e. The quantitative estimate of drug-likeness (QED) is 0.204. The van der Waals surface area contributed by atoms with Gasteiger partial charge in [-0.2, -0.15) is 0 Å². The van der Waals surface area contributed by atoms with Gasteiger partial charge in [0.25, 0.3) is 5.91 Å². The summed E-state index contributed by atoms with van der Waals surface area (Å²) in [7, 11) is 0. The Bertz CT molecular complexity index is 447. The van der Waals surface area contributed by atoms with Crippen LogP contribution in [-0.2, 0) is 4.79 Å². The normalized spacial score (nSPS) is 22.4. The van der Waals surface area contributed by atoms with Gasteiger partial charge < -0.3 is 16.4 Å². The highest BCUT2D eigenvalue weighted by atomic mass is 127. The number of hydrogen-bond acceptors (Lipinski definition) is 3. The lowest BCUT2D eigenvalue weighted by atomic mass is 9.99. The van der Waals surface area contributed by atoms with E-state index in [9.17, 15) is 9.59 Å². The molecular weight excluding hydrogens is 397 g/mol. The molecule has 1 atom stereocenters. The first-order valence-corrected chi connectivity index (χ1v) is 7.31. The van der Waals surface area contributed by atoms with Gasteiger partial charge in [-0.05, 0) is 40.5 Å². The third-order valence-electron chi connectivity index (χ3n) is 3.38. The summed E-state index contributed by atoms with van der Waals surface area (Å²) in [6.07, 6.45) is 1.17. The Morgan fingerprint density at radius 1 is 1.41 bits per heavy atom. The van der Waals surface area contributed by atoms with Crippen LogP contribution in [0, 0.1) is 0 Å². The van der Waals surface area contributed by atoms with Crippen molar-refractivity contribution in [2.24, 2.45) is 10.7 Å². The number of rotatable bonds is 5. The molecule has 22 heavy (non-hydrogen) atoms. The van der Waals surface area contributed by atoms with Crippen LogP contribution in [0.25, 0.3) is 0 Å². The summed E-state index contributed by atoms with van der Waals surface area (Å²) in [4.78, 5) is 29.4. The lowest BCUT2D eigenvalue weighted by Gasteiger charge is -2.21. The molecule has 1 heterocycles. The number of guanidine groups is 1. The average Bonchev–Trinajstić information content (AvgIpc) is 2.55. The largest absolute Gasteiger partial charge is 0.370 e. The number of carbonyl (C=O) groups is 2. The number of nitrogens with zero attached hydrogens (tertiary/aromatic N) is 2. The van der Waals surface area contributed by atoms with Crippen LogP contribution in [0.4, 0.5) is 4.79 Å². The summed E-state index contributed by atoms with van der Waals surface area (Å²) in [6.45, 7) is 10.4. The van der Waals surface area contributed by atoms with Gasteiger partial charge in [0.05, 0.1) is 0 Å². The highest BCUT2D eigenvalue weighted by Crippen LogP contribution is 2.20. The van der Waals surface area contributed by atoms with E-state index >= 15 is 0 Å². The van der Waals surface area contributed by atoms with Crippen molar-refractivity contribution in [2.75, 3.05) is 13.1 Å². The zero-order valence-electron chi connectivity index (χ0n) is 14.0. The van der Waals surface area contributed by atoms with Crippen LogP contribution >= 0.6 is 24.0 Å². The van der Waals surface area contributed by atoms with Crippen LogP contribution in [0.2, 0.25) is 0 Å². The molecule has 1 saturated heterocycles. The van der Waals surface area contributed by atoms with Gasteiger partial charge >= 0.3 is 6.03 Å². The number of hydrogen-bond donors (Lipinski definition) is 3. The molecule has 4 N–H and O–H groups in total. The van der Waals surface area contributed by atoms with Gasteiger partial charge in [-0.15, -0.1) is 24.0 Å². The number of aliphatic imine (C=N–C) groups is 1. The first-order valence-electron chi connectivity index (χ1n) is 7.31. The SMILES string of the molecule is CCC1(C)NC(=O)N(CCCN=C(N)NC(C)(C)C)C1=O.I. The van der Waals surface area contributed by atoms with Gasteiger partial charge in [0, 0.05) is 18.6 Å². The van der Waals surface area contributed by atoms with Crippen molar-refractivity contribution in [2.45, 2.75) is 58.5 Å². The van der Waals surface area contributed by atoms with E-state index in [0.29, 0.717) is 31.9 Å². The number of halogens is 1. The smallest absolute Gasteiger partial charge is 0.325 e. The number of nitrogens with one attached hydrogen (secondary N) is 2. The molecule has 1 aliphatic heterocycles. The summed E-state index contributed by atoms with van der Waals surface area (Å²) in [5.74, 6) is 0.206. The molecule has 0 aromatic carbocycles. The minimum atomic E-state index is -0.771. The monoisotopic (exact) mass is 425 g/mol. The number of carbonyl (C=O) groups excluding carboxylic acids is 2. The Morgan fingerprint density at radius 2 is 2.00 bits per heavy atom. The van der Waals surface area contributed by atoms with Gasteiger partial charge in [-0.3, -0.25) is 14.7 Å². The lowest BCUT2D eigenvalue weighted by Crippen LogP contribution is -2.45. The highest BCUT2D eigenvalue weighted by Gasteiger charge is 2.45. The van der Waals surface area contributed by atoms with Crippen molar-refractivity contribution in [3.63, 3.8) is 0 Å². The lowest BCUT2D eigenvalue weighted by molar-refractivity contribution is -0.130. The molecule has 1 aliphatic rings. The molecule has 0 aromatic rings. The molecule has 0 bridgehead atoms. The zero-order valence-corrected chi connectivity index (χ0v) is 16.4. The van der Waals surface area contributed by atoms with Crippen LogP contribution < -0.4 is 16.4 Å². The zero-order chi connectivity index (χ0) is 16.3. The molecule has 128 valence electrons. The van der Waals surface area contributed by atoms with Crippen molar-refractivity contribution in [3.8, 4) is 0 Å². The topological polar surface area (TPSA) is 99.8 Å². The number of amides is 3. The van der Waals surface area contributed by atoms with E-state index in [1.54, 1.807) is 6.92 Å². The summed E-state index contributed by atoms with van der Waals surface area (Å²) in [5.41, 5.74) is 4.84. The van der Waals surface area contributed by atoms with E-state index in [1.807, 2.05) is 27.7 Å². The Labute approximate surface area is 149 Å². The van der Waals surface area contributed by atoms with E-state index in [2.05, 4.69) is 15.6 Å². The molecular formula is C14H28IN5O2. The van der Waals surface area contributed by atoms with Crippen LogP contribution in [0.5, 0.6) is 0 Å². The first kappa shape index (κ1) is 20.9. The van der Waals surface area contributed by atoms with Gasteiger partial charge in [-0.25, -0.2) is 4.79 Å². The van der Waals surface area contributed by atoms with Crippen molar-refractivity contribution in [3.05, 3.63) is 0 Å². The van der Waals surface area contributed by atoms with E-state index in [0.717, 1.165) is 0 Å². The summed E-state index contributed by atoms with van der Waals surface area (Å²) >= 11 is 0. The van der Waals surface area contributed by atoms with E-state index in [1.165, 1.54) is 4.90 Å². The van der Waals surface area contributed by atoms with E-state index in [4.69, 9.17) is 5.73 Å². The second-order valence-corrected chi connectivity index (χ2v) is 6.57. The standard InChI is InChI=1S/C14H27N5O2.HI/c1-6-14(5)10(20)19(12(21)18-14)9-7-8-16-11(15)17-13(2,3)4;/h6-9H2,1-5H3,(H,18,21)(H3,15,16,17);1H. The number of imide groups is 1. The fraction of sp³-hybridized carbons (Fsp3) is 0.786. The van der Waals surface area contributed by atoms with Crippen LogP contribution in [0.3, 0.4) is 0 Å². The summed E-state index contributed by atoms with van der Waals surface area (Å²) in [6, 6.07) is -0.325. The van der Waals surface area contributed by atoms with Crippen LogP contribution in [0.1, 0.15) is 47.5 Å². The highest BCUT2D eigenvalue weighted by molar-refractivity contribution is 14.0. The molecule has 0 saturated carbocycles. The van der Waals surface area contributed by atoms with Crippen molar-refractivity contribution < 1.29 is 9.59 Å². The second-order valence-electron chi connectivity index (χ2n) is 6.57. The first-order chi connectivity index (χ1) is 9.59. The Balaban J connectivity index is 0.00000441. The van der Waals surface area contributed by atoms with Crippen LogP contribution in [0.15, 0.2) is 4.99 Å². The van der Waals surface area contributed by atoms with Gasteiger partial charge in [-0.1, -0.05) is 6.92 Å². The molecule has 1 fully saturated rings. The molecule has 1 rings (SSSR count). The second kappa shape index (κ2) is 7.98. The predicted octanol–water partition coefficient (Wildman–Crippen LogP) is 1.42. The predicted molar refractivity (Wildman–Crippen MR) is 98.4 cm³/mol. The van der Waals surface area contributed by atoms with Gasteiger partial charge in [0.1, 0.15) is 5.54 Å². The van der Waals surface area contributed by atoms with Gasteiger partial charge in [0.15, 0.2) is 5.96 Å². The maximum absolute atomic E-state index is 12.2. The fourth-order valence-electron chi connectivity index (χ4n) is 2.04. The molecule has 8 heteroatoms. The molecule has 3 amide bonds. The Morgan fingerprint density at radius 3 is 2.45 bits per heavy atom. The fourth-order valence-corrected chi connectivity index (χ4v) is 2.04. The maximum Gasteiger partial charge on any atom is 0.325 e. The van der Waals surface area contributed by atoms with E-state index in [-0.39, 0.29) is 41.5 Å². The van der Waals surface area contributed by atoms with Crippen LogP contribution in [-0.4, -0.2) is 47.0 Å². The summed E-state index contributed by atoms with van der Waals surface area (Å²) < 4.78 is 0. The van der Waals surface area contributed by atoms with Crippen molar-refractivity contribution >= 4 is 41.9 Å². The van der Waals surface area contributed by atoms with Crippen molar-refractivity contribution in [1.29, 1.82) is 0 Å². The molecule has 0 spiro atoms.